The quantitative estimate of drug-likeness (QED) is 0.601. The van der Waals surface area contributed by atoms with Gasteiger partial charge in [-0.15, -0.1) is 0 Å². The minimum Gasteiger partial charge on any atom is -0.357 e. The van der Waals surface area contributed by atoms with Crippen LogP contribution in [0.5, 0.6) is 0 Å². The molecule has 1 unspecified atom stereocenters. The van der Waals surface area contributed by atoms with Crippen molar-refractivity contribution in [1.82, 2.24) is 15.5 Å². The smallest absolute Gasteiger partial charge is 0.191 e. The molecule has 2 N–H and O–H groups in total. The summed E-state index contributed by atoms with van der Waals surface area (Å²) in [6.07, 6.45) is 0. The molecule has 5 heteroatoms. The molecular weight excluding hydrogens is 280 g/mol. The van der Waals surface area contributed by atoms with E-state index in [0.29, 0.717) is 5.92 Å². The molecule has 0 radical (unpaired) electrons. The Morgan fingerprint density at radius 1 is 1.38 bits per heavy atom. The second kappa shape index (κ2) is 8.39. The lowest BCUT2D eigenvalue weighted by Crippen LogP contribution is -2.44. The third kappa shape index (κ3) is 6.06. The predicted molar refractivity (Wildman–Crippen MR) is 94.5 cm³/mol. The molecule has 21 heavy (non-hydrogen) atoms. The summed E-state index contributed by atoms with van der Waals surface area (Å²) < 4.78 is 0. The van der Waals surface area contributed by atoms with E-state index in [-0.39, 0.29) is 5.54 Å². The van der Waals surface area contributed by atoms with Crippen LogP contribution in [0.2, 0.25) is 0 Å². The maximum atomic E-state index is 4.72. The zero-order chi connectivity index (χ0) is 15.9. The number of hydrogen-bond acceptors (Lipinski definition) is 3. The van der Waals surface area contributed by atoms with Gasteiger partial charge < -0.3 is 15.5 Å². The van der Waals surface area contributed by atoms with Crippen LogP contribution < -0.4 is 10.6 Å². The Bertz CT molecular complexity index is 423. The number of rotatable bonds is 7. The molecule has 1 aromatic rings. The molecule has 120 valence electrons. The summed E-state index contributed by atoms with van der Waals surface area (Å²) in [5.74, 6) is 1.39. The van der Waals surface area contributed by atoms with Crippen molar-refractivity contribution in [2.75, 3.05) is 33.7 Å². The summed E-state index contributed by atoms with van der Waals surface area (Å²) in [5.41, 5.74) is 1.44. The van der Waals surface area contributed by atoms with Crippen LogP contribution in [0.1, 0.15) is 39.2 Å². The van der Waals surface area contributed by atoms with Crippen LogP contribution in [0.25, 0.3) is 0 Å². The first-order chi connectivity index (χ1) is 9.86. The van der Waals surface area contributed by atoms with E-state index >= 15 is 0 Å². The Hall–Kier alpha value is -1.07. The minimum atomic E-state index is 0.0569. The molecule has 1 rings (SSSR count). The van der Waals surface area contributed by atoms with Gasteiger partial charge in [0.25, 0.3) is 0 Å². The molecule has 0 bridgehead atoms. The molecule has 0 aliphatic carbocycles. The molecule has 0 saturated heterocycles. The number of nitrogens with one attached hydrogen (secondary N) is 2. The van der Waals surface area contributed by atoms with Crippen molar-refractivity contribution in [3.05, 3.63) is 22.4 Å². The maximum absolute atomic E-state index is 4.72. The van der Waals surface area contributed by atoms with Crippen LogP contribution in [-0.4, -0.2) is 50.1 Å². The van der Waals surface area contributed by atoms with Crippen molar-refractivity contribution >= 4 is 17.3 Å². The van der Waals surface area contributed by atoms with Gasteiger partial charge in [0.2, 0.25) is 0 Å². The number of aliphatic imine (C=N–C) groups is 1. The summed E-state index contributed by atoms with van der Waals surface area (Å²) >= 11 is 1.75. The van der Waals surface area contributed by atoms with E-state index in [2.05, 4.69) is 74.2 Å². The van der Waals surface area contributed by atoms with Crippen molar-refractivity contribution in [2.24, 2.45) is 4.99 Å². The van der Waals surface area contributed by atoms with Gasteiger partial charge in [-0.2, -0.15) is 11.3 Å². The highest BCUT2D eigenvalue weighted by Gasteiger charge is 2.20. The number of likely N-dealkylation sites (N-methyl/N-ethyl adjacent to an activating group) is 1. The predicted octanol–water partition coefficient (Wildman–Crippen LogP) is 2.75. The fourth-order valence-electron chi connectivity index (χ4n) is 1.68. The normalized spacial score (nSPS) is 14.3. The van der Waals surface area contributed by atoms with Crippen molar-refractivity contribution < 1.29 is 0 Å². The first-order valence-electron chi connectivity index (χ1n) is 7.58. The zero-order valence-corrected chi connectivity index (χ0v) is 15.0. The van der Waals surface area contributed by atoms with Gasteiger partial charge in [-0.1, -0.05) is 6.92 Å². The standard InChI is InChI=1S/C16H30N4S/c1-7-17-15(19-12-16(3,4)20(5)6)18-10-13(2)14-8-9-21-11-14/h8-9,11,13H,7,10,12H2,1-6H3,(H2,17,18,19). The van der Waals surface area contributed by atoms with Crippen molar-refractivity contribution in [3.8, 4) is 0 Å². The van der Waals surface area contributed by atoms with E-state index in [1.54, 1.807) is 11.3 Å². The van der Waals surface area contributed by atoms with E-state index < -0.39 is 0 Å². The maximum Gasteiger partial charge on any atom is 0.191 e. The molecule has 0 amide bonds. The lowest BCUT2D eigenvalue weighted by Gasteiger charge is -2.31. The number of nitrogens with zero attached hydrogens (tertiary/aromatic N) is 2. The molecule has 0 aromatic carbocycles. The van der Waals surface area contributed by atoms with Gasteiger partial charge in [-0.25, -0.2) is 0 Å². The fraction of sp³-hybridized carbons (Fsp3) is 0.688. The van der Waals surface area contributed by atoms with E-state index in [4.69, 9.17) is 4.99 Å². The highest BCUT2D eigenvalue weighted by atomic mass is 32.1. The van der Waals surface area contributed by atoms with Crippen LogP contribution in [-0.2, 0) is 0 Å². The van der Waals surface area contributed by atoms with E-state index in [1.165, 1.54) is 5.56 Å². The minimum absolute atomic E-state index is 0.0569. The third-order valence-electron chi connectivity index (χ3n) is 3.87. The average molecular weight is 311 g/mol. The van der Waals surface area contributed by atoms with Crippen LogP contribution in [0.3, 0.4) is 0 Å². The van der Waals surface area contributed by atoms with Crippen molar-refractivity contribution in [3.63, 3.8) is 0 Å². The molecule has 0 saturated carbocycles. The van der Waals surface area contributed by atoms with Crippen LogP contribution in [0.15, 0.2) is 21.8 Å². The van der Waals surface area contributed by atoms with Crippen LogP contribution in [0, 0.1) is 0 Å². The molecule has 1 atom stereocenters. The Kier molecular flexibility index (Phi) is 7.18. The monoisotopic (exact) mass is 310 g/mol. The van der Waals surface area contributed by atoms with Crippen molar-refractivity contribution in [2.45, 2.75) is 39.2 Å². The molecule has 4 nitrogen and oxygen atoms in total. The van der Waals surface area contributed by atoms with Crippen LogP contribution in [0.4, 0.5) is 0 Å². The Morgan fingerprint density at radius 2 is 2.10 bits per heavy atom. The number of guanidine groups is 1. The average Bonchev–Trinajstić information content (AvgIpc) is 2.95. The van der Waals surface area contributed by atoms with Crippen LogP contribution >= 0.6 is 11.3 Å². The van der Waals surface area contributed by atoms with Gasteiger partial charge in [0.15, 0.2) is 5.96 Å². The van der Waals surface area contributed by atoms with E-state index in [0.717, 1.165) is 25.6 Å². The molecule has 0 spiro atoms. The molecule has 1 heterocycles. The third-order valence-corrected chi connectivity index (χ3v) is 4.57. The second-order valence-electron chi connectivity index (χ2n) is 6.24. The largest absolute Gasteiger partial charge is 0.357 e. The lowest BCUT2D eigenvalue weighted by atomic mass is 10.1. The van der Waals surface area contributed by atoms with Gasteiger partial charge in [0.05, 0.1) is 6.54 Å². The fourth-order valence-corrected chi connectivity index (χ4v) is 2.46. The summed E-state index contributed by atoms with van der Waals surface area (Å²) in [6.45, 7) is 11.3. The molecular formula is C16H30N4S. The van der Waals surface area contributed by atoms with Gasteiger partial charge >= 0.3 is 0 Å². The first-order valence-corrected chi connectivity index (χ1v) is 8.52. The summed E-state index contributed by atoms with van der Waals surface area (Å²) in [6, 6.07) is 2.19. The number of thiophene rings is 1. The summed E-state index contributed by atoms with van der Waals surface area (Å²) in [7, 11) is 4.18. The summed E-state index contributed by atoms with van der Waals surface area (Å²) in [5, 5.41) is 11.1. The number of hydrogen-bond donors (Lipinski definition) is 2. The van der Waals surface area contributed by atoms with Gasteiger partial charge in [0.1, 0.15) is 0 Å². The SMILES string of the molecule is CCNC(=NCC(C)(C)N(C)C)NCC(C)c1ccsc1. The van der Waals surface area contributed by atoms with Gasteiger partial charge in [0, 0.05) is 18.6 Å². The van der Waals surface area contributed by atoms with Crippen molar-refractivity contribution in [1.29, 1.82) is 0 Å². The second-order valence-corrected chi connectivity index (χ2v) is 7.02. The summed E-state index contributed by atoms with van der Waals surface area (Å²) in [4.78, 5) is 6.92. The zero-order valence-electron chi connectivity index (χ0n) is 14.2. The molecule has 0 aliphatic heterocycles. The Labute approximate surface area is 133 Å². The van der Waals surface area contributed by atoms with E-state index in [1.807, 2.05) is 0 Å². The topological polar surface area (TPSA) is 39.7 Å². The Morgan fingerprint density at radius 3 is 2.62 bits per heavy atom. The van der Waals surface area contributed by atoms with E-state index in [9.17, 15) is 0 Å². The lowest BCUT2D eigenvalue weighted by molar-refractivity contribution is 0.204. The van der Waals surface area contributed by atoms with Gasteiger partial charge in [-0.3, -0.25) is 4.99 Å². The van der Waals surface area contributed by atoms with Gasteiger partial charge in [-0.05, 0) is 63.2 Å². The Balaban J connectivity index is 2.57. The molecule has 1 aromatic heterocycles. The highest BCUT2D eigenvalue weighted by molar-refractivity contribution is 7.07. The molecule has 0 aliphatic rings. The molecule has 0 fully saturated rings. The highest BCUT2D eigenvalue weighted by Crippen LogP contribution is 2.17. The first kappa shape index (κ1) is 18.0.